The van der Waals surface area contributed by atoms with Crippen molar-refractivity contribution < 1.29 is 4.79 Å². The van der Waals surface area contributed by atoms with E-state index in [1.54, 1.807) is 0 Å². The van der Waals surface area contributed by atoms with Gasteiger partial charge >= 0.3 is 0 Å². The molecule has 0 radical (unpaired) electrons. The Morgan fingerprint density at radius 3 is 2.32 bits per heavy atom. The van der Waals surface area contributed by atoms with Crippen LogP contribution in [0.1, 0.15) is 46.1 Å². The highest BCUT2D eigenvalue weighted by Gasteiger charge is 2.15. The van der Waals surface area contributed by atoms with E-state index < -0.39 is 0 Å². The molecule has 1 amide bonds. The maximum Gasteiger partial charge on any atom is 0.224 e. The van der Waals surface area contributed by atoms with Gasteiger partial charge in [-0.05, 0) is 36.1 Å². The molecule has 0 saturated heterocycles. The zero-order valence-electron chi connectivity index (χ0n) is 12.5. The Morgan fingerprint density at radius 2 is 1.79 bits per heavy atom. The van der Waals surface area contributed by atoms with Crippen molar-refractivity contribution in [2.75, 3.05) is 11.9 Å². The lowest BCUT2D eigenvalue weighted by Crippen LogP contribution is -2.19. The molecule has 3 nitrogen and oxygen atoms in total. The molecule has 2 N–H and O–H groups in total. The third-order valence-electron chi connectivity index (χ3n) is 2.68. The summed E-state index contributed by atoms with van der Waals surface area (Å²) < 4.78 is 0. The summed E-state index contributed by atoms with van der Waals surface area (Å²) in [7, 11) is 0. The van der Waals surface area contributed by atoms with Crippen LogP contribution >= 0.6 is 0 Å². The van der Waals surface area contributed by atoms with Crippen molar-refractivity contribution in [1.29, 1.82) is 0 Å². The number of benzene rings is 1. The average Bonchev–Trinajstić information content (AvgIpc) is 2.29. The van der Waals surface area contributed by atoms with Crippen LogP contribution in [-0.2, 0) is 11.3 Å². The standard InChI is InChI=1S/C16H26N2O/c1-5-10-17-12-13-6-8-14(9-7-13)18-15(19)11-16(2,3)4/h6-9,17H,5,10-12H2,1-4H3,(H,18,19). The van der Waals surface area contributed by atoms with E-state index in [0.717, 1.165) is 25.2 Å². The monoisotopic (exact) mass is 262 g/mol. The van der Waals surface area contributed by atoms with Crippen molar-refractivity contribution in [1.82, 2.24) is 5.32 Å². The second-order valence-corrected chi connectivity index (χ2v) is 6.16. The summed E-state index contributed by atoms with van der Waals surface area (Å²) >= 11 is 0. The fraction of sp³-hybridized carbons (Fsp3) is 0.562. The highest BCUT2D eigenvalue weighted by molar-refractivity contribution is 5.91. The van der Waals surface area contributed by atoms with Crippen LogP contribution in [0.2, 0.25) is 0 Å². The third-order valence-corrected chi connectivity index (χ3v) is 2.68. The fourth-order valence-corrected chi connectivity index (χ4v) is 1.80. The molecule has 0 aliphatic rings. The van der Waals surface area contributed by atoms with Crippen molar-refractivity contribution in [2.45, 2.75) is 47.1 Å². The first-order valence-electron chi connectivity index (χ1n) is 7.00. The van der Waals surface area contributed by atoms with Gasteiger partial charge in [0.2, 0.25) is 5.91 Å². The lowest BCUT2D eigenvalue weighted by molar-refractivity contribution is -0.117. The second-order valence-electron chi connectivity index (χ2n) is 6.16. The molecule has 0 aromatic heterocycles. The molecular formula is C16H26N2O. The SMILES string of the molecule is CCCNCc1ccc(NC(=O)CC(C)(C)C)cc1. The van der Waals surface area contributed by atoms with E-state index in [9.17, 15) is 4.79 Å². The largest absolute Gasteiger partial charge is 0.326 e. The summed E-state index contributed by atoms with van der Waals surface area (Å²) in [6, 6.07) is 8.03. The Bertz CT molecular complexity index is 390. The maximum absolute atomic E-state index is 11.8. The van der Waals surface area contributed by atoms with Crippen LogP contribution < -0.4 is 10.6 Å². The van der Waals surface area contributed by atoms with Crippen molar-refractivity contribution in [3.8, 4) is 0 Å². The van der Waals surface area contributed by atoms with E-state index in [-0.39, 0.29) is 11.3 Å². The first-order valence-corrected chi connectivity index (χ1v) is 7.00. The minimum absolute atomic E-state index is 0.0219. The van der Waals surface area contributed by atoms with Gasteiger partial charge in [0.05, 0.1) is 0 Å². The highest BCUT2D eigenvalue weighted by atomic mass is 16.1. The number of carbonyl (C=O) groups is 1. The first kappa shape index (κ1) is 15.7. The summed E-state index contributed by atoms with van der Waals surface area (Å²) in [5.41, 5.74) is 2.13. The minimum Gasteiger partial charge on any atom is -0.326 e. The van der Waals surface area contributed by atoms with E-state index in [0.29, 0.717) is 6.42 Å². The van der Waals surface area contributed by atoms with Gasteiger partial charge in [-0.3, -0.25) is 4.79 Å². The van der Waals surface area contributed by atoms with Gasteiger partial charge in [0, 0.05) is 18.7 Å². The molecule has 0 heterocycles. The molecule has 106 valence electrons. The van der Waals surface area contributed by atoms with Crippen LogP contribution in [0, 0.1) is 5.41 Å². The van der Waals surface area contributed by atoms with Crippen molar-refractivity contribution >= 4 is 11.6 Å². The number of hydrogen-bond donors (Lipinski definition) is 2. The van der Waals surface area contributed by atoms with Gasteiger partial charge in [-0.15, -0.1) is 0 Å². The Morgan fingerprint density at radius 1 is 1.16 bits per heavy atom. The Kier molecular flexibility index (Phi) is 6.03. The predicted octanol–water partition coefficient (Wildman–Crippen LogP) is 3.56. The molecule has 19 heavy (non-hydrogen) atoms. The maximum atomic E-state index is 11.8. The molecule has 0 fully saturated rings. The molecule has 1 aromatic rings. The molecule has 0 spiro atoms. The first-order chi connectivity index (χ1) is 8.90. The molecule has 0 aliphatic carbocycles. The fourth-order valence-electron chi connectivity index (χ4n) is 1.80. The molecule has 0 aliphatic heterocycles. The quantitative estimate of drug-likeness (QED) is 0.770. The number of anilines is 1. The van der Waals surface area contributed by atoms with E-state index in [1.807, 2.05) is 12.1 Å². The van der Waals surface area contributed by atoms with Gasteiger partial charge in [0.15, 0.2) is 0 Å². The van der Waals surface area contributed by atoms with Crippen LogP contribution in [0.4, 0.5) is 5.69 Å². The zero-order valence-corrected chi connectivity index (χ0v) is 12.5. The van der Waals surface area contributed by atoms with Gasteiger partial charge in [0.1, 0.15) is 0 Å². The lowest BCUT2D eigenvalue weighted by atomic mass is 9.92. The molecule has 0 atom stereocenters. The Hall–Kier alpha value is -1.35. The average molecular weight is 262 g/mol. The van der Waals surface area contributed by atoms with Crippen LogP contribution in [0.5, 0.6) is 0 Å². The number of nitrogens with one attached hydrogen (secondary N) is 2. The van der Waals surface area contributed by atoms with Crippen LogP contribution in [-0.4, -0.2) is 12.5 Å². The van der Waals surface area contributed by atoms with E-state index in [1.165, 1.54) is 5.56 Å². The van der Waals surface area contributed by atoms with E-state index >= 15 is 0 Å². The van der Waals surface area contributed by atoms with Crippen molar-refractivity contribution in [3.05, 3.63) is 29.8 Å². The molecule has 1 aromatic carbocycles. The molecule has 1 rings (SSSR count). The summed E-state index contributed by atoms with van der Waals surface area (Å²) in [6.07, 6.45) is 1.67. The Labute approximate surface area is 116 Å². The summed E-state index contributed by atoms with van der Waals surface area (Å²) in [6.45, 7) is 10.3. The van der Waals surface area contributed by atoms with Gasteiger partial charge in [-0.1, -0.05) is 39.8 Å². The number of amides is 1. The van der Waals surface area contributed by atoms with E-state index in [2.05, 4.69) is 50.5 Å². The topological polar surface area (TPSA) is 41.1 Å². The summed E-state index contributed by atoms with van der Waals surface area (Å²) in [5, 5.41) is 6.29. The summed E-state index contributed by atoms with van der Waals surface area (Å²) in [4.78, 5) is 11.8. The number of hydrogen-bond acceptors (Lipinski definition) is 2. The van der Waals surface area contributed by atoms with Gasteiger partial charge < -0.3 is 10.6 Å². The van der Waals surface area contributed by atoms with E-state index in [4.69, 9.17) is 0 Å². The molecule has 0 bridgehead atoms. The zero-order chi connectivity index (χ0) is 14.3. The Balaban J connectivity index is 2.45. The highest BCUT2D eigenvalue weighted by Crippen LogP contribution is 2.19. The summed E-state index contributed by atoms with van der Waals surface area (Å²) in [5.74, 6) is 0.0735. The number of rotatable bonds is 6. The molecule has 0 saturated carbocycles. The normalized spacial score (nSPS) is 11.4. The second kappa shape index (κ2) is 7.29. The molecule has 0 unspecified atom stereocenters. The number of carbonyl (C=O) groups excluding carboxylic acids is 1. The predicted molar refractivity (Wildman–Crippen MR) is 81.1 cm³/mol. The lowest BCUT2D eigenvalue weighted by Gasteiger charge is -2.17. The van der Waals surface area contributed by atoms with Crippen molar-refractivity contribution in [2.24, 2.45) is 5.41 Å². The van der Waals surface area contributed by atoms with Gasteiger partial charge in [-0.2, -0.15) is 0 Å². The third kappa shape index (κ3) is 6.97. The molecular weight excluding hydrogens is 236 g/mol. The smallest absolute Gasteiger partial charge is 0.224 e. The van der Waals surface area contributed by atoms with Gasteiger partial charge in [0.25, 0.3) is 0 Å². The van der Waals surface area contributed by atoms with Gasteiger partial charge in [-0.25, -0.2) is 0 Å². The van der Waals surface area contributed by atoms with Crippen LogP contribution in [0.3, 0.4) is 0 Å². The van der Waals surface area contributed by atoms with Crippen LogP contribution in [0.25, 0.3) is 0 Å². The minimum atomic E-state index is 0.0219. The van der Waals surface area contributed by atoms with Crippen molar-refractivity contribution in [3.63, 3.8) is 0 Å². The van der Waals surface area contributed by atoms with Crippen LogP contribution in [0.15, 0.2) is 24.3 Å². The molecule has 3 heteroatoms.